The molecule has 0 atom stereocenters. The number of rotatable bonds is 7. The van der Waals surface area contributed by atoms with E-state index in [0.29, 0.717) is 18.9 Å². The predicted octanol–water partition coefficient (Wildman–Crippen LogP) is 2.41. The zero-order chi connectivity index (χ0) is 18.5. The number of carbonyl (C=O) groups is 1. The summed E-state index contributed by atoms with van der Waals surface area (Å²) in [4.78, 5) is 28.6. The van der Waals surface area contributed by atoms with E-state index in [0.717, 1.165) is 18.7 Å². The van der Waals surface area contributed by atoms with Gasteiger partial charge in [-0.15, -0.1) is 0 Å². The van der Waals surface area contributed by atoms with Crippen molar-refractivity contribution in [3.8, 4) is 0 Å². The van der Waals surface area contributed by atoms with Gasteiger partial charge in [-0.05, 0) is 34.4 Å². The summed E-state index contributed by atoms with van der Waals surface area (Å²) in [6, 6.07) is 8.14. The van der Waals surface area contributed by atoms with Gasteiger partial charge in [-0.25, -0.2) is 0 Å². The number of aryl methyl sites for hydroxylation is 2. The molecule has 0 radical (unpaired) electrons. The zero-order valence-electron chi connectivity index (χ0n) is 14.9. The summed E-state index contributed by atoms with van der Waals surface area (Å²) in [5.41, 5.74) is 2.29. The largest absolute Gasteiger partial charge is 0.381 e. The molecular formula is C18H23N5O3. The number of hydrogen-bond donors (Lipinski definition) is 1. The summed E-state index contributed by atoms with van der Waals surface area (Å²) in [7, 11) is 0. The van der Waals surface area contributed by atoms with Crippen molar-refractivity contribution in [2.75, 3.05) is 18.0 Å². The summed E-state index contributed by atoms with van der Waals surface area (Å²) in [6.07, 6.45) is 4.03. The Morgan fingerprint density at radius 1 is 1.31 bits per heavy atom. The van der Waals surface area contributed by atoms with Crippen LogP contribution in [-0.4, -0.2) is 33.5 Å². The molecule has 26 heavy (non-hydrogen) atoms. The molecule has 2 aromatic rings. The van der Waals surface area contributed by atoms with Gasteiger partial charge < -0.3 is 24.9 Å². The number of imidazole rings is 1. The average Bonchev–Trinajstić information content (AvgIpc) is 3.28. The Morgan fingerprint density at radius 3 is 2.73 bits per heavy atom. The van der Waals surface area contributed by atoms with Crippen LogP contribution in [0.1, 0.15) is 30.7 Å². The maximum absolute atomic E-state index is 12.2. The molecule has 1 N–H and O–H groups in total. The Kier molecular flexibility index (Phi) is 5.50. The summed E-state index contributed by atoms with van der Waals surface area (Å²) in [5.74, 6) is 0.253. The van der Waals surface area contributed by atoms with E-state index in [1.165, 1.54) is 24.7 Å². The van der Waals surface area contributed by atoms with Crippen molar-refractivity contribution in [2.45, 2.75) is 39.3 Å². The topological polar surface area (TPSA) is 93.3 Å². The fourth-order valence-corrected chi connectivity index (χ4v) is 3.24. The summed E-state index contributed by atoms with van der Waals surface area (Å²) in [6.45, 7) is 4.66. The molecule has 1 fully saturated rings. The van der Waals surface area contributed by atoms with Crippen molar-refractivity contribution in [3.63, 3.8) is 0 Å². The minimum Gasteiger partial charge on any atom is -0.371 e. The van der Waals surface area contributed by atoms with Crippen LogP contribution in [0, 0.1) is 17.0 Å². The Bertz CT molecular complexity index is 796. The van der Waals surface area contributed by atoms with Gasteiger partial charge in [-0.3, -0.25) is 4.79 Å². The fourth-order valence-electron chi connectivity index (χ4n) is 3.24. The molecule has 8 heteroatoms. The molecule has 138 valence electrons. The third kappa shape index (κ3) is 4.19. The molecule has 0 bridgehead atoms. The van der Waals surface area contributed by atoms with Gasteiger partial charge in [0.25, 0.3) is 0 Å². The van der Waals surface area contributed by atoms with Gasteiger partial charge in [0.15, 0.2) is 0 Å². The summed E-state index contributed by atoms with van der Waals surface area (Å²) >= 11 is 0. The third-order valence-corrected chi connectivity index (χ3v) is 4.64. The van der Waals surface area contributed by atoms with Crippen LogP contribution in [-0.2, 0) is 17.9 Å². The second-order valence-corrected chi connectivity index (χ2v) is 6.45. The number of para-hydroxylation sites is 1. The van der Waals surface area contributed by atoms with Crippen LogP contribution in [0.4, 0.5) is 11.5 Å². The molecule has 1 aliphatic heterocycles. The van der Waals surface area contributed by atoms with Crippen LogP contribution >= 0.6 is 0 Å². The highest BCUT2D eigenvalue weighted by Gasteiger charge is 2.17. The highest BCUT2D eigenvalue weighted by Crippen LogP contribution is 2.24. The molecule has 0 spiro atoms. The molecule has 2 heterocycles. The lowest BCUT2D eigenvalue weighted by Gasteiger charge is -2.21. The SMILES string of the molecule is Cc1nc([N+](=O)[O-])cn1CCC(=O)NCc1ccccc1N1CCCC1. The molecule has 1 amide bonds. The highest BCUT2D eigenvalue weighted by atomic mass is 16.6. The van der Waals surface area contributed by atoms with Gasteiger partial charge in [0.2, 0.25) is 11.7 Å². The normalized spacial score (nSPS) is 13.8. The van der Waals surface area contributed by atoms with Gasteiger partial charge >= 0.3 is 5.82 Å². The van der Waals surface area contributed by atoms with Gasteiger partial charge in [-0.1, -0.05) is 18.2 Å². The van der Waals surface area contributed by atoms with E-state index in [1.54, 1.807) is 11.5 Å². The van der Waals surface area contributed by atoms with Crippen LogP contribution in [0.3, 0.4) is 0 Å². The van der Waals surface area contributed by atoms with Crippen molar-refractivity contribution < 1.29 is 9.72 Å². The summed E-state index contributed by atoms with van der Waals surface area (Å²) < 4.78 is 1.63. The smallest absolute Gasteiger partial charge is 0.371 e. The molecule has 0 aliphatic carbocycles. The first-order chi connectivity index (χ1) is 12.5. The molecular weight excluding hydrogens is 334 g/mol. The van der Waals surface area contributed by atoms with Crippen molar-refractivity contribution in [3.05, 3.63) is 52.0 Å². The number of aromatic nitrogens is 2. The van der Waals surface area contributed by atoms with Crippen LogP contribution < -0.4 is 10.2 Å². The van der Waals surface area contributed by atoms with Crippen molar-refractivity contribution in [1.29, 1.82) is 0 Å². The Labute approximate surface area is 152 Å². The Morgan fingerprint density at radius 2 is 2.04 bits per heavy atom. The molecule has 8 nitrogen and oxygen atoms in total. The van der Waals surface area contributed by atoms with Crippen LogP contribution in [0.2, 0.25) is 0 Å². The second kappa shape index (κ2) is 7.99. The molecule has 0 unspecified atom stereocenters. The monoisotopic (exact) mass is 357 g/mol. The number of benzene rings is 1. The van der Waals surface area contributed by atoms with E-state index in [2.05, 4.69) is 21.3 Å². The van der Waals surface area contributed by atoms with Crippen molar-refractivity contribution >= 4 is 17.4 Å². The second-order valence-electron chi connectivity index (χ2n) is 6.45. The number of anilines is 1. The number of nitrogens with zero attached hydrogens (tertiary/aromatic N) is 4. The highest BCUT2D eigenvalue weighted by molar-refractivity contribution is 5.76. The van der Waals surface area contributed by atoms with Gasteiger partial charge in [-0.2, -0.15) is 0 Å². The van der Waals surface area contributed by atoms with E-state index >= 15 is 0 Å². The van der Waals surface area contributed by atoms with Crippen LogP contribution in [0.15, 0.2) is 30.5 Å². The van der Waals surface area contributed by atoms with Gasteiger partial charge in [0.05, 0.1) is 0 Å². The van der Waals surface area contributed by atoms with E-state index in [-0.39, 0.29) is 18.1 Å². The zero-order valence-corrected chi connectivity index (χ0v) is 14.9. The molecule has 0 saturated carbocycles. The lowest BCUT2D eigenvalue weighted by molar-refractivity contribution is -0.389. The van der Waals surface area contributed by atoms with Crippen LogP contribution in [0.25, 0.3) is 0 Å². The average molecular weight is 357 g/mol. The first-order valence-corrected chi connectivity index (χ1v) is 8.82. The standard InChI is InChI=1S/C18H23N5O3/c1-14-20-17(23(25)26)13-22(14)11-8-18(24)19-12-15-6-2-3-7-16(15)21-9-4-5-10-21/h2-3,6-7,13H,4-5,8-12H2,1H3,(H,19,24). The maximum Gasteiger partial charge on any atom is 0.381 e. The molecule has 1 aromatic heterocycles. The Hall–Kier alpha value is -2.90. The lowest BCUT2D eigenvalue weighted by atomic mass is 10.1. The Balaban J connectivity index is 1.54. The van der Waals surface area contributed by atoms with Crippen molar-refractivity contribution in [1.82, 2.24) is 14.9 Å². The van der Waals surface area contributed by atoms with E-state index in [4.69, 9.17) is 0 Å². The number of nitrogens with one attached hydrogen (secondary N) is 1. The summed E-state index contributed by atoms with van der Waals surface area (Å²) in [5, 5.41) is 13.7. The van der Waals surface area contributed by atoms with Gasteiger partial charge in [0.1, 0.15) is 6.20 Å². The first kappa shape index (κ1) is 17.9. The van der Waals surface area contributed by atoms with E-state index < -0.39 is 4.92 Å². The van der Waals surface area contributed by atoms with Gasteiger partial charge in [0, 0.05) is 45.2 Å². The van der Waals surface area contributed by atoms with E-state index in [9.17, 15) is 14.9 Å². The lowest BCUT2D eigenvalue weighted by Crippen LogP contribution is -2.26. The fraction of sp³-hybridized carbons (Fsp3) is 0.444. The maximum atomic E-state index is 12.2. The molecule has 1 saturated heterocycles. The first-order valence-electron chi connectivity index (χ1n) is 8.82. The quantitative estimate of drug-likeness (QED) is 0.607. The minimum absolute atomic E-state index is 0.0861. The molecule has 1 aromatic carbocycles. The van der Waals surface area contributed by atoms with Crippen molar-refractivity contribution in [2.24, 2.45) is 0 Å². The predicted molar refractivity (Wildman–Crippen MR) is 98.0 cm³/mol. The number of carbonyl (C=O) groups excluding carboxylic acids is 1. The van der Waals surface area contributed by atoms with E-state index in [1.807, 2.05) is 18.2 Å². The molecule has 1 aliphatic rings. The third-order valence-electron chi connectivity index (χ3n) is 4.64. The van der Waals surface area contributed by atoms with Crippen LogP contribution in [0.5, 0.6) is 0 Å². The number of hydrogen-bond acceptors (Lipinski definition) is 5. The molecule has 3 rings (SSSR count). The minimum atomic E-state index is -0.529. The number of amides is 1. The number of nitro groups is 1.